The third-order valence-corrected chi connectivity index (χ3v) is 3.64. The normalized spacial score (nSPS) is 13.1. The fourth-order valence-electron chi connectivity index (χ4n) is 1.42. The molecule has 80 valence electrons. The molecular formula is C10H14N4S. The highest BCUT2D eigenvalue weighted by Gasteiger charge is 2.16. The second-order valence-corrected chi connectivity index (χ2v) is 4.84. The van der Waals surface area contributed by atoms with Gasteiger partial charge in [0, 0.05) is 11.9 Å². The predicted molar refractivity (Wildman–Crippen MR) is 60.8 cm³/mol. The summed E-state index contributed by atoms with van der Waals surface area (Å²) in [6, 6.07) is -0.171. The molecule has 0 fully saturated rings. The van der Waals surface area contributed by atoms with E-state index >= 15 is 0 Å². The summed E-state index contributed by atoms with van der Waals surface area (Å²) in [5.41, 5.74) is 8.18. The van der Waals surface area contributed by atoms with Crippen molar-refractivity contribution in [1.82, 2.24) is 14.5 Å². The van der Waals surface area contributed by atoms with Crippen LogP contribution >= 0.6 is 11.3 Å². The third-order valence-electron chi connectivity index (χ3n) is 2.48. The van der Waals surface area contributed by atoms with E-state index < -0.39 is 0 Å². The Labute approximate surface area is 92.8 Å². The molecule has 1 atom stereocenters. The van der Waals surface area contributed by atoms with Crippen LogP contribution in [0.1, 0.15) is 27.3 Å². The minimum Gasteiger partial charge on any atom is -0.336 e. The summed E-state index contributed by atoms with van der Waals surface area (Å²) in [6.07, 6.45) is 3.54. The maximum atomic E-state index is 6.13. The van der Waals surface area contributed by atoms with Crippen LogP contribution < -0.4 is 5.73 Å². The Hall–Kier alpha value is -1.20. The molecule has 2 N–H and O–H groups in total. The van der Waals surface area contributed by atoms with Gasteiger partial charge in [-0.25, -0.2) is 9.97 Å². The zero-order valence-electron chi connectivity index (χ0n) is 9.06. The molecule has 2 aromatic rings. The van der Waals surface area contributed by atoms with Crippen LogP contribution in [0.5, 0.6) is 0 Å². The number of aryl methyl sites for hydroxylation is 3. The van der Waals surface area contributed by atoms with Crippen molar-refractivity contribution in [1.29, 1.82) is 0 Å². The first-order valence-electron chi connectivity index (χ1n) is 4.75. The first kappa shape index (κ1) is 10.3. The Morgan fingerprint density at radius 3 is 2.67 bits per heavy atom. The van der Waals surface area contributed by atoms with Crippen LogP contribution in [0.15, 0.2) is 12.5 Å². The fraction of sp³-hybridized carbons (Fsp3) is 0.400. The van der Waals surface area contributed by atoms with Gasteiger partial charge in [-0.15, -0.1) is 11.3 Å². The average Bonchev–Trinajstić information content (AvgIpc) is 2.74. The second-order valence-electron chi connectivity index (χ2n) is 3.60. The Kier molecular flexibility index (Phi) is 2.58. The van der Waals surface area contributed by atoms with E-state index in [1.54, 1.807) is 23.9 Å². The van der Waals surface area contributed by atoms with E-state index in [2.05, 4.69) is 16.9 Å². The molecule has 2 heterocycles. The van der Waals surface area contributed by atoms with Gasteiger partial charge in [-0.05, 0) is 13.8 Å². The Morgan fingerprint density at radius 1 is 1.47 bits per heavy atom. The quantitative estimate of drug-likeness (QED) is 0.838. The van der Waals surface area contributed by atoms with Gasteiger partial charge >= 0.3 is 0 Å². The highest BCUT2D eigenvalue weighted by molar-refractivity contribution is 7.11. The van der Waals surface area contributed by atoms with E-state index in [1.165, 1.54) is 4.88 Å². The number of rotatable bonds is 2. The molecule has 15 heavy (non-hydrogen) atoms. The fourth-order valence-corrected chi connectivity index (χ4v) is 2.36. The Balaban J connectivity index is 2.36. The number of nitrogens with zero attached hydrogens (tertiary/aromatic N) is 3. The number of aromatic nitrogens is 3. The van der Waals surface area contributed by atoms with Gasteiger partial charge in [0.15, 0.2) is 0 Å². The summed E-state index contributed by atoms with van der Waals surface area (Å²) in [7, 11) is 1.94. The molecule has 0 aliphatic carbocycles. The number of nitrogens with two attached hydrogens (primary N) is 1. The van der Waals surface area contributed by atoms with Crippen LogP contribution in [-0.2, 0) is 7.05 Å². The Morgan fingerprint density at radius 2 is 2.20 bits per heavy atom. The van der Waals surface area contributed by atoms with Crippen LogP contribution in [0.3, 0.4) is 0 Å². The molecule has 2 aromatic heterocycles. The summed E-state index contributed by atoms with van der Waals surface area (Å²) in [5.74, 6) is 0. The van der Waals surface area contributed by atoms with Crippen molar-refractivity contribution in [3.05, 3.63) is 33.8 Å². The molecule has 0 bridgehead atoms. The molecule has 0 aliphatic heterocycles. The first-order valence-corrected chi connectivity index (χ1v) is 5.57. The lowest BCUT2D eigenvalue weighted by Gasteiger charge is -2.08. The van der Waals surface area contributed by atoms with Crippen LogP contribution in [0.2, 0.25) is 0 Å². The molecule has 0 saturated heterocycles. The summed E-state index contributed by atoms with van der Waals surface area (Å²) in [6.45, 7) is 4.07. The first-order chi connectivity index (χ1) is 7.09. The molecular weight excluding hydrogens is 208 g/mol. The van der Waals surface area contributed by atoms with Crippen molar-refractivity contribution in [2.75, 3.05) is 0 Å². The summed E-state index contributed by atoms with van der Waals surface area (Å²) in [5, 5.41) is 0.952. The van der Waals surface area contributed by atoms with Gasteiger partial charge in [0.25, 0.3) is 0 Å². The summed E-state index contributed by atoms with van der Waals surface area (Å²) >= 11 is 1.65. The molecule has 0 radical (unpaired) electrons. The van der Waals surface area contributed by atoms with Gasteiger partial charge in [0.1, 0.15) is 5.01 Å². The molecule has 4 nitrogen and oxygen atoms in total. The maximum Gasteiger partial charge on any atom is 0.116 e. The van der Waals surface area contributed by atoms with E-state index in [0.717, 1.165) is 16.4 Å². The lowest BCUT2D eigenvalue weighted by molar-refractivity contribution is 0.739. The topological polar surface area (TPSA) is 56.7 Å². The standard InChI is InChI=1S/C10H14N4S/c1-6-7(2)15-10(13-6)9(11)8-4-12-5-14(8)3/h4-5,9H,11H2,1-3H3. The lowest BCUT2D eigenvalue weighted by atomic mass is 10.2. The molecule has 2 rings (SSSR count). The van der Waals surface area contributed by atoms with Crippen LogP contribution in [0.4, 0.5) is 0 Å². The predicted octanol–water partition coefficient (Wildman–Crippen LogP) is 1.54. The Bertz CT molecular complexity index is 452. The molecule has 0 saturated carbocycles. The van der Waals surface area contributed by atoms with Gasteiger partial charge in [-0.1, -0.05) is 0 Å². The zero-order valence-corrected chi connectivity index (χ0v) is 9.88. The van der Waals surface area contributed by atoms with Gasteiger partial charge < -0.3 is 10.3 Å². The highest BCUT2D eigenvalue weighted by Crippen LogP contribution is 2.25. The van der Waals surface area contributed by atoms with Crippen LogP contribution in [0, 0.1) is 13.8 Å². The molecule has 0 aliphatic rings. The molecule has 5 heteroatoms. The minimum absolute atomic E-state index is 0.171. The zero-order chi connectivity index (χ0) is 11.0. The smallest absolute Gasteiger partial charge is 0.116 e. The van der Waals surface area contributed by atoms with Crippen molar-refractivity contribution >= 4 is 11.3 Å². The van der Waals surface area contributed by atoms with E-state index in [9.17, 15) is 0 Å². The van der Waals surface area contributed by atoms with Crippen molar-refractivity contribution in [2.45, 2.75) is 19.9 Å². The van der Waals surface area contributed by atoms with Gasteiger partial charge in [-0.3, -0.25) is 0 Å². The monoisotopic (exact) mass is 222 g/mol. The number of hydrogen-bond donors (Lipinski definition) is 1. The summed E-state index contributed by atoms with van der Waals surface area (Å²) < 4.78 is 1.93. The molecule has 0 spiro atoms. The highest BCUT2D eigenvalue weighted by atomic mass is 32.1. The van der Waals surface area contributed by atoms with Crippen molar-refractivity contribution < 1.29 is 0 Å². The van der Waals surface area contributed by atoms with Crippen molar-refractivity contribution in [3.8, 4) is 0 Å². The lowest BCUT2D eigenvalue weighted by Crippen LogP contribution is -2.14. The molecule has 0 amide bonds. The van der Waals surface area contributed by atoms with Crippen molar-refractivity contribution in [3.63, 3.8) is 0 Å². The average molecular weight is 222 g/mol. The van der Waals surface area contributed by atoms with E-state index in [4.69, 9.17) is 5.73 Å². The van der Waals surface area contributed by atoms with Gasteiger partial charge in [0.2, 0.25) is 0 Å². The van der Waals surface area contributed by atoms with E-state index in [-0.39, 0.29) is 6.04 Å². The van der Waals surface area contributed by atoms with E-state index in [0.29, 0.717) is 0 Å². The maximum absolute atomic E-state index is 6.13. The minimum atomic E-state index is -0.171. The summed E-state index contributed by atoms with van der Waals surface area (Å²) in [4.78, 5) is 9.74. The van der Waals surface area contributed by atoms with Gasteiger partial charge in [-0.2, -0.15) is 0 Å². The van der Waals surface area contributed by atoms with Crippen LogP contribution in [0.25, 0.3) is 0 Å². The number of hydrogen-bond acceptors (Lipinski definition) is 4. The third kappa shape index (κ3) is 1.80. The van der Waals surface area contributed by atoms with Gasteiger partial charge in [0.05, 0.1) is 30.0 Å². The number of imidazole rings is 1. The largest absolute Gasteiger partial charge is 0.336 e. The molecule has 0 aromatic carbocycles. The second kappa shape index (κ2) is 3.75. The SMILES string of the molecule is Cc1nc(C(N)c2cncn2C)sc1C. The molecule has 1 unspecified atom stereocenters. The van der Waals surface area contributed by atoms with Crippen molar-refractivity contribution in [2.24, 2.45) is 12.8 Å². The van der Waals surface area contributed by atoms with Crippen LogP contribution in [-0.4, -0.2) is 14.5 Å². The number of thiazole rings is 1. The van der Waals surface area contributed by atoms with E-state index in [1.807, 2.05) is 18.5 Å².